The number of nitrogens with zero attached hydrogens (tertiary/aromatic N) is 1. The summed E-state index contributed by atoms with van der Waals surface area (Å²) in [6.45, 7) is 0. The summed E-state index contributed by atoms with van der Waals surface area (Å²) < 4.78 is 13.0. The highest BCUT2D eigenvalue weighted by molar-refractivity contribution is 9.10. The van der Waals surface area contributed by atoms with E-state index in [1.54, 1.807) is 0 Å². The number of phenolic OH excluding ortho intramolecular Hbond substituents is 1. The van der Waals surface area contributed by atoms with Crippen LogP contribution in [0.4, 0.5) is 4.39 Å². The molecule has 1 aromatic rings. The molecule has 0 amide bonds. The van der Waals surface area contributed by atoms with E-state index < -0.39 is 5.82 Å². The van der Waals surface area contributed by atoms with Crippen LogP contribution < -0.4 is 5.84 Å². The molecule has 0 spiro atoms. The zero-order valence-corrected chi connectivity index (χ0v) is 7.55. The lowest BCUT2D eigenvalue weighted by Crippen LogP contribution is -1.90. The summed E-state index contributed by atoms with van der Waals surface area (Å²) in [5, 5.41) is 12.4. The van der Waals surface area contributed by atoms with Crippen molar-refractivity contribution in [3.63, 3.8) is 0 Å². The number of hydrogen-bond donors (Lipinski definition) is 2. The Morgan fingerprint density at radius 3 is 2.75 bits per heavy atom. The van der Waals surface area contributed by atoms with E-state index in [9.17, 15) is 9.50 Å². The third-order valence-electron chi connectivity index (χ3n) is 1.28. The van der Waals surface area contributed by atoms with Gasteiger partial charge in [0.15, 0.2) is 0 Å². The van der Waals surface area contributed by atoms with Gasteiger partial charge in [0.25, 0.3) is 0 Å². The Kier molecular flexibility index (Phi) is 2.65. The lowest BCUT2D eigenvalue weighted by Gasteiger charge is -2.00. The molecule has 0 radical (unpaired) electrons. The summed E-state index contributed by atoms with van der Waals surface area (Å²) >= 11 is 3.05. The standard InChI is InChI=1S/C7H6BrFN2O/c8-6-1-4(9)2-7(12)5(6)3-11-10/h1-3,12H,10H2. The van der Waals surface area contributed by atoms with Crippen molar-refractivity contribution in [2.45, 2.75) is 0 Å². The molecule has 0 aliphatic heterocycles. The second-order valence-corrected chi connectivity index (χ2v) is 2.95. The summed E-state index contributed by atoms with van der Waals surface area (Å²) in [6, 6.07) is 2.21. The summed E-state index contributed by atoms with van der Waals surface area (Å²) in [6.07, 6.45) is 1.23. The molecular formula is C7H6BrFN2O. The average molecular weight is 233 g/mol. The Bertz CT molecular complexity index is 304. The average Bonchev–Trinajstić information content (AvgIpc) is 1.96. The maximum atomic E-state index is 12.6. The third-order valence-corrected chi connectivity index (χ3v) is 1.93. The summed E-state index contributed by atoms with van der Waals surface area (Å²) in [7, 11) is 0. The second kappa shape index (κ2) is 3.53. The minimum Gasteiger partial charge on any atom is -0.507 e. The molecule has 0 saturated carbocycles. The van der Waals surface area contributed by atoms with E-state index in [0.717, 1.165) is 6.07 Å². The van der Waals surface area contributed by atoms with Crippen molar-refractivity contribution >= 4 is 22.1 Å². The highest BCUT2D eigenvalue weighted by Gasteiger charge is 2.05. The van der Waals surface area contributed by atoms with Gasteiger partial charge < -0.3 is 10.9 Å². The fraction of sp³-hybridized carbons (Fsp3) is 0. The van der Waals surface area contributed by atoms with Crippen LogP contribution in [0.5, 0.6) is 5.75 Å². The summed E-state index contributed by atoms with van der Waals surface area (Å²) in [5.74, 6) is 4.16. The van der Waals surface area contributed by atoms with Crippen LogP contribution in [0.2, 0.25) is 0 Å². The number of aromatic hydroxyl groups is 1. The lowest BCUT2D eigenvalue weighted by atomic mass is 10.2. The number of phenols is 1. The molecule has 12 heavy (non-hydrogen) atoms. The van der Waals surface area contributed by atoms with Gasteiger partial charge in [-0.1, -0.05) is 0 Å². The zero-order chi connectivity index (χ0) is 9.14. The van der Waals surface area contributed by atoms with Gasteiger partial charge in [0.05, 0.1) is 11.8 Å². The predicted octanol–water partition coefficient (Wildman–Crippen LogP) is 1.59. The largest absolute Gasteiger partial charge is 0.507 e. The van der Waals surface area contributed by atoms with Gasteiger partial charge in [0, 0.05) is 10.5 Å². The number of halogens is 2. The molecule has 0 fully saturated rings. The molecule has 1 rings (SSSR count). The van der Waals surface area contributed by atoms with Gasteiger partial charge >= 0.3 is 0 Å². The van der Waals surface area contributed by atoms with Crippen LogP contribution in [-0.2, 0) is 0 Å². The van der Waals surface area contributed by atoms with Crippen LogP contribution in [0.3, 0.4) is 0 Å². The molecule has 0 aromatic heterocycles. The molecule has 0 unspecified atom stereocenters. The molecule has 64 valence electrons. The summed E-state index contributed by atoms with van der Waals surface area (Å²) in [4.78, 5) is 0. The van der Waals surface area contributed by atoms with Crippen molar-refractivity contribution < 1.29 is 9.50 Å². The quantitative estimate of drug-likeness (QED) is 0.439. The molecule has 0 aliphatic rings. The molecule has 3 N–H and O–H groups in total. The van der Waals surface area contributed by atoms with Crippen molar-refractivity contribution in [3.8, 4) is 5.75 Å². The number of benzene rings is 1. The van der Waals surface area contributed by atoms with Gasteiger partial charge in [0.1, 0.15) is 11.6 Å². The molecule has 1 aromatic carbocycles. The highest BCUT2D eigenvalue weighted by Crippen LogP contribution is 2.25. The fourth-order valence-electron chi connectivity index (χ4n) is 0.774. The van der Waals surface area contributed by atoms with E-state index in [4.69, 9.17) is 5.84 Å². The highest BCUT2D eigenvalue weighted by atomic mass is 79.9. The Labute approximate surface area is 76.8 Å². The number of hydrogen-bond acceptors (Lipinski definition) is 3. The Balaban J connectivity index is 3.28. The third kappa shape index (κ3) is 1.73. The van der Waals surface area contributed by atoms with E-state index in [1.807, 2.05) is 0 Å². The minimum atomic E-state index is -0.520. The van der Waals surface area contributed by atoms with E-state index in [-0.39, 0.29) is 5.75 Å². The van der Waals surface area contributed by atoms with Crippen molar-refractivity contribution in [2.24, 2.45) is 10.9 Å². The van der Waals surface area contributed by atoms with E-state index in [1.165, 1.54) is 12.3 Å². The van der Waals surface area contributed by atoms with E-state index in [2.05, 4.69) is 21.0 Å². The van der Waals surface area contributed by atoms with Gasteiger partial charge in [-0.25, -0.2) is 4.39 Å². The maximum Gasteiger partial charge on any atom is 0.128 e. The first-order valence-corrected chi connectivity index (χ1v) is 3.85. The lowest BCUT2D eigenvalue weighted by molar-refractivity contribution is 0.467. The molecule has 0 heterocycles. The van der Waals surface area contributed by atoms with E-state index >= 15 is 0 Å². The molecular weight excluding hydrogens is 227 g/mol. The van der Waals surface area contributed by atoms with Gasteiger partial charge in [0.2, 0.25) is 0 Å². The molecule has 0 atom stereocenters. The van der Waals surface area contributed by atoms with Gasteiger partial charge in [-0.3, -0.25) is 0 Å². The normalized spacial score (nSPS) is 10.8. The maximum absolute atomic E-state index is 12.6. The van der Waals surface area contributed by atoms with Gasteiger partial charge in [-0.05, 0) is 22.0 Å². The molecule has 0 saturated heterocycles. The molecule has 5 heteroatoms. The van der Waals surface area contributed by atoms with Gasteiger partial charge in [-0.15, -0.1) is 0 Å². The van der Waals surface area contributed by atoms with E-state index in [0.29, 0.717) is 10.0 Å². The van der Waals surface area contributed by atoms with Gasteiger partial charge in [-0.2, -0.15) is 5.10 Å². The number of hydrazone groups is 1. The minimum absolute atomic E-state index is 0.198. The van der Waals surface area contributed by atoms with Crippen LogP contribution in [0.15, 0.2) is 21.7 Å². The zero-order valence-electron chi connectivity index (χ0n) is 5.96. The van der Waals surface area contributed by atoms with Crippen molar-refractivity contribution in [1.29, 1.82) is 0 Å². The Hall–Kier alpha value is -1.10. The molecule has 3 nitrogen and oxygen atoms in total. The van der Waals surface area contributed by atoms with Crippen molar-refractivity contribution in [1.82, 2.24) is 0 Å². The van der Waals surface area contributed by atoms with Crippen LogP contribution >= 0.6 is 15.9 Å². The van der Waals surface area contributed by atoms with Crippen LogP contribution in [0.1, 0.15) is 5.56 Å². The number of nitrogens with two attached hydrogens (primary N) is 1. The van der Waals surface area contributed by atoms with Crippen molar-refractivity contribution in [3.05, 3.63) is 28.0 Å². The smallest absolute Gasteiger partial charge is 0.128 e. The van der Waals surface area contributed by atoms with Crippen LogP contribution in [0.25, 0.3) is 0 Å². The first kappa shape index (κ1) is 8.99. The molecule has 0 bridgehead atoms. The second-order valence-electron chi connectivity index (χ2n) is 2.10. The predicted molar refractivity (Wildman–Crippen MR) is 47.5 cm³/mol. The monoisotopic (exact) mass is 232 g/mol. The Morgan fingerprint density at radius 1 is 1.58 bits per heavy atom. The Morgan fingerprint density at radius 2 is 2.25 bits per heavy atom. The number of rotatable bonds is 1. The first-order chi connectivity index (χ1) is 5.65. The van der Waals surface area contributed by atoms with Crippen LogP contribution in [0, 0.1) is 5.82 Å². The van der Waals surface area contributed by atoms with Crippen molar-refractivity contribution in [2.75, 3.05) is 0 Å². The first-order valence-electron chi connectivity index (χ1n) is 3.06. The SMILES string of the molecule is NN=Cc1c(O)cc(F)cc1Br. The fourth-order valence-corrected chi connectivity index (χ4v) is 1.30. The molecule has 0 aliphatic carbocycles. The summed E-state index contributed by atoms with van der Waals surface area (Å²) in [5.41, 5.74) is 0.360. The topological polar surface area (TPSA) is 58.6 Å². The van der Waals surface area contributed by atoms with Crippen LogP contribution in [-0.4, -0.2) is 11.3 Å².